The molecule has 1 amide bonds. The summed E-state index contributed by atoms with van der Waals surface area (Å²) in [5.41, 5.74) is 5.36. The van der Waals surface area contributed by atoms with Gasteiger partial charge in [0.1, 0.15) is 0 Å². The van der Waals surface area contributed by atoms with Crippen molar-refractivity contribution in [3.05, 3.63) is 0 Å². The van der Waals surface area contributed by atoms with Crippen molar-refractivity contribution in [2.45, 2.75) is 38.3 Å². The molecular formula is C11H22N2O2S. The van der Waals surface area contributed by atoms with Crippen LogP contribution in [0.2, 0.25) is 0 Å². The van der Waals surface area contributed by atoms with E-state index in [1.807, 2.05) is 18.7 Å². The van der Waals surface area contributed by atoms with E-state index in [1.54, 1.807) is 0 Å². The van der Waals surface area contributed by atoms with Crippen molar-refractivity contribution in [3.63, 3.8) is 0 Å². The Labute approximate surface area is 102 Å². The average Bonchev–Trinajstić information content (AvgIpc) is 2.27. The van der Waals surface area contributed by atoms with Crippen LogP contribution in [0.25, 0.3) is 0 Å². The van der Waals surface area contributed by atoms with Crippen molar-refractivity contribution < 1.29 is 9.53 Å². The summed E-state index contributed by atoms with van der Waals surface area (Å²) in [6.45, 7) is 5.30. The highest BCUT2D eigenvalue weighted by Crippen LogP contribution is 2.18. The summed E-state index contributed by atoms with van der Waals surface area (Å²) >= 11 is 1.82. The van der Waals surface area contributed by atoms with Gasteiger partial charge >= 0.3 is 0 Å². The molecule has 0 radical (unpaired) electrons. The van der Waals surface area contributed by atoms with E-state index < -0.39 is 5.54 Å². The Hall–Kier alpha value is -0.260. The standard InChI is InChI=1S/C11H22N2O2S/c1-3-16-8-9(2)13-10(14)11(12)4-6-15-7-5-11/h9H,3-8,12H2,1-2H3,(H,13,14). The van der Waals surface area contributed by atoms with Crippen molar-refractivity contribution in [2.24, 2.45) is 5.73 Å². The lowest BCUT2D eigenvalue weighted by atomic mass is 9.90. The van der Waals surface area contributed by atoms with Crippen LogP contribution in [0.1, 0.15) is 26.7 Å². The molecule has 0 aromatic heterocycles. The summed E-state index contributed by atoms with van der Waals surface area (Å²) in [5, 5.41) is 2.98. The first-order valence-electron chi connectivity index (χ1n) is 5.84. The maximum Gasteiger partial charge on any atom is 0.240 e. The van der Waals surface area contributed by atoms with Gasteiger partial charge in [0.05, 0.1) is 5.54 Å². The summed E-state index contributed by atoms with van der Waals surface area (Å²) < 4.78 is 5.22. The molecule has 1 aliphatic heterocycles. The third-order valence-corrected chi connectivity index (χ3v) is 3.93. The molecule has 1 aliphatic rings. The van der Waals surface area contributed by atoms with Crippen molar-refractivity contribution in [2.75, 3.05) is 24.7 Å². The van der Waals surface area contributed by atoms with Gasteiger partial charge in [-0.05, 0) is 25.5 Å². The van der Waals surface area contributed by atoms with Crippen molar-refractivity contribution in [1.29, 1.82) is 0 Å². The maximum absolute atomic E-state index is 12.0. The Morgan fingerprint density at radius 3 is 2.75 bits per heavy atom. The Balaban J connectivity index is 2.38. The number of amides is 1. The molecule has 1 heterocycles. The van der Waals surface area contributed by atoms with Crippen molar-refractivity contribution in [3.8, 4) is 0 Å². The Bertz CT molecular complexity index is 230. The molecule has 1 unspecified atom stereocenters. The largest absolute Gasteiger partial charge is 0.381 e. The molecule has 5 heteroatoms. The number of carbonyl (C=O) groups excluding carboxylic acids is 1. The summed E-state index contributed by atoms with van der Waals surface area (Å²) in [4.78, 5) is 12.0. The van der Waals surface area contributed by atoms with E-state index in [4.69, 9.17) is 10.5 Å². The summed E-state index contributed by atoms with van der Waals surface area (Å²) in [6, 6.07) is 0.181. The van der Waals surface area contributed by atoms with Crippen molar-refractivity contribution >= 4 is 17.7 Å². The zero-order valence-electron chi connectivity index (χ0n) is 10.1. The summed E-state index contributed by atoms with van der Waals surface area (Å²) in [6.07, 6.45) is 1.24. The fourth-order valence-corrected chi connectivity index (χ4v) is 2.34. The second-order valence-corrected chi connectivity index (χ2v) is 5.62. The highest BCUT2D eigenvalue weighted by atomic mass is 32.2. The van der Waals surface area contributed by atoms with Crippen LogP contribution < -0.4 is 11.1 Å². The first-order valence-corrected chi connectivity index (χ1v) is 6.99. The maximum atomic E-state index is 12.0. The van der Waals surface area contributed by atoms with Gasteiger partial charge in [-0.15, -0.1) is 0 Å². The Kier molecular flexibility index (Phi) is 5.58. The van der Waals surface area contributed by atoms with E-state index in [-0.39, 0.29) is 11.9 Å². The smallest absolute Gasteiger partial charge is 0.240 e. The van der Waals surface area contributed by atoms with Crippen LogP contribution in [0.15, 0.2) is 0 Å². The molecule has 0 aliphatic carbocycles. The first-order chi connectivity index (χ1) is 7.58. The number of ether oxygens (including phenoxy) is 1. The lowest BCUT2D eigenvalue weighted by molar-refractivity contribution is -0.130. The number of nitrogens with two attached hydrogens (primary N) is 1. The quantitative estimate of drug-likeness (QED) is 0.751. The van der Waals surface area contributed by atoms with E-state index >= 15 is 0 Å². The highest BCUT2D eigenvalue weighted by molar-refractivity contribution is 7.99. The number of thioether (sulfide) groups is 1. The molecule has 1 saturated heterocycles. The van der Waals surface area contributed by atoms with Crippen LogP contribution in [0, 0.1) is 0 Å². The molecule has 0 aromatic carbocycles. The van der Waals surface area contributed by atoms with Crippen LogP contribution in [-0.4, -0.2) is 42.2 Å². The van der Waals surface area contributed by atoms with Crippen LogP contribution in [0.4, 0.5) is 0 Å². The van der Waals surface area contributed by atoms with Gasteiger partial charge in [0.25, 0.3) is 0 Å². The van der Waals surface area contributed by atoms with Gasteiger partial charge in [-0.2, -0.15) is 11.8 Å². The fourth-order valence-electron chi connectivity index (χ4n) is 1.67. The number of hydrogen-bond acceptors (Lipinski definition) is 4. The van der Waals surface area contributed by atoms with E-state index in [0.717, 1.165) is 11.5 Å². The molecular weight excluding hydrogens is 224 g/mol. The van der Waals surface area contributed by atoms with Crippen molar-refractivity contribution in [1.82, 2.24) is 5.32 Å². The van der Waals surface area contributed by atoms with E-state index in [2.05, 4.69) is 12.2 Å². The molecule has 1 atom stereocenters. The van der Waals surface area contributed by atoms with Gasteiger partial charge < -0.3 is 15.8 Å². The molecule has 1 rings (SSSR count). The second-order valence-electron chi connectivity index (χ2n) is 4.30. The lowest BCUT2D eigenvalue weighted by Crippen LogP contribution is -2.58. The van der Waals surface area contributed by atoms with Gasteiger partial charge in [-0.25, -0.2) is 0 Å². The Morgan fingerprint density at radius 2 is 2.19 bits per heavy atom. The predicted molar refractivity (Wildman–Crippen MR) is 67.6 cm³/mol. The summed E-state index contributed by atoms with van der Waals surface area (Å²) in [5.74, 6) is 1.98. The van der Waals surface area contributed by atoms with E-state index in [9.17, 15) is 4.79 Å². The van der Waals surface area contributed by atoms with Gasteiger partial charge in [0, 0.05) is 25.0 Å². The normalized spacial score (nSPS) is 21.4. The Morgan fingerprint density at radius 1 is 1.56 bits per heavy atom. The monoisotopic (exact) mass is 246 g/mol. The third-order valence-electron chi connectivity index (χ3n) is 2.79. The summed E-state index contributed by atoms with van der Waals surface area (Å²) in [7, 11) is 0. The molecule has 16 heavy (non-hydrogen) atoms. The molecule has 0 aromatic rings. The molecule has 0 spiro atoms. The highest BCUT2D eigenvalue weighted by Gasteiger charge is 2.36. The first kappa shape index (κ1) is 13.8. The average molecular weight is 246 g/mol. The topological polar surface area (TPSA) is 64.4 Å². The second kappa shape index (κ2) is 6.47. The van der Waals surface area contributed by atoms with E-state index in [0.29, 0.717) is 26.1 Å². The van der Waals surface area contributed by atoms with Gasteiger partial charge in [0.2, 0.25) is 5.91 Å². The SMILES string of the molecule is CCSCC(C)NC(=O)C1(N)CCOCC1. The number of hydrogen-bond donors (Lipinski definition) is 2. The van der Waals surface area contributed by atoms with Gasteiger partial charge in [-0.3, -0.25) is 4.79 Å². The van der Waals surface area contributed by atoms with Crippen LogP contribution in [0.3, 0.4) is 0 Å². The van der Waals surface area contributed by atoms with Gasteiger partial charge in [0.15, 0.2) is 0 Å². The lowest BCUT2D eigenvalue weighted by Gasteiger charge is -2.32. The molecule has 1 fully saturated rings. The molecule has 94 valence electrons. The zero-order valence-corrected chi connectivity index (χ0v) is 10.9. The predicted octanol–water partition coefficient (Wildman–Crippen LogP) is 0.752. The molecule has 3 N–H and O–H groups in total. The van der Waals surface area contributed by atoms with Crippen LogP contribution >= 0.6 is 11.8 Å². The minimum absolute atomic E-state index is 0.0278. The van der Waals surface area contributed by atoms with Gasteiger partial charge in [-0.1, -0.05) is 6.92 Å². The molecule has 0 saturated carbocycles. The van der Waals surface area contributed by atoms with Crippen LogP contribution in [-0.2, 0) is 9.53 Å². The molecule has 0 bridgehead atoms. The van der Waals surface area contributed by atoms with E-state index in [1.165, 1.54) is 0 Å². The zero-order chi connectivity index (χ0) is 12.0. The minimum Gasteiger partial charge on any atom is -0.381 e. The number of rotatable bonds is 5. The minimum atomic E-state index is -0.719. The molecule has 4 nitrogen and oxygen atoms in total. The fraction of sp³-hybridized carbons (Fsp3) is 0.909. The number of carbonyl (C=O) groups is 1. The van der Waals surface area contributed by atoms with Crippen LogP contribution in [0.5, 0.6) is 0 Å². The third kappa shape index (κ3) is 3.96. The number of nitrogens with one attached hydrogen (secondary N) is 1.